The maximum Gasteiger partial charge on any atom is 0.262 e. The molecule has 0 radical (unpaired) electrons. The van der Waals surface area contributed by atoms with Crippen LogP contribution >= 0.6 is 0 Å². The normalized spacial score (nSPS) is 22.3. The Labute approximate surface area is 112 Å². The van der Waals surface area contributed by atoms with Gasteiger partial charge in [-0.3, -0.25) is 10.1 Å². The summed E-state index contributed by atoms with van der Waals surface area (Å²) >= 11 is 0. The number of hydrogen-bond donors (Lipinski definition) is 0. The molecule has 0 fully saturated rings. The van der Waals surface area contributed by atoms with Crippen LogP contribution in [0.3, 0.4) is 0 Å². The van der Waals surface area contributed by atoms with E-state index in [4.69, 9.17) is 0 Å². The van der Waals surface area contributed by atoms with Crippen LogP contribution in [0.15, 0.2) is 72.9 Å². The Balaban J connectivity index is 2.09. The standard InChI is InChI=1S/C16H15NO2/c18-17(19)16(12-6-2-7-13-16)14-8-5-11-15-9-3-1-4-10-15/h1-12,14H,13H2. The molecule has 3 nitrogen and oxygen atoms in total. The fourth-order valence-corrected chi connectivity index (χ4v) is 1.90. The van der Waals surface area contributed by atoms with Gasteiger partial charge in [-0.25, -0.2) is 0 Å². The average Bonchev–Trinajstić information content (AvgIpc) is 2.46. The van der Waals surface area contributed by atoms with Crippen molar-refractivity contribution in [2.24, 2.45) is 0 Å². The van der Waals surface area contributed by atoms with Crippen molar-refractivity contribution < 1.29 is 4.92 Å². The van der Waals surface area contributed by atoms with Gasteiger partial charge in [0, 0.05) is 11.3 Å². The summed E-state index contributed by atoms with van der Waals surface area (Å²) < 4.78 is 0. The first-order valence-corrected chi connectivity index (χ1v) is 6.13. The zero-order chi connectivity index (χ0) is 13.6. The van der Waals surface area contributed by atoms with E-state index in [9.17, 15) is 10.1 Å². The van der Waals surface area contributed by atoms with Crippen LogP contribution in [-0.2, 0) is 0 Å². The van der Waals surface area contributed by atoms with Crippen molar-refractivity contribution in [1.82, 2.24) is 0 Å². The van der Waals surface area contributed by atoms with Crippen LogP contribution in [0.25, 0.3) is 6.08 Å². The van der Waals surface area contributed by atoms with Crippen molar-refractivity contribution in [3.05, 3.63) is 88.5 Å². The van der Waals surface area contributed by atoms with E-state index in [-0.39, 0.29) is 4.92 Å². The molecule has 0 saturated heterocycles. The van der Waals surface area contributed by atoms with Gasteiger partial charge in [0.2, 0.25) is 0 Å². The molecule has 2 rings (SSSR count). The summed E-state index contributed by atoms with van der Waals surface area (Å²) in [5.41, 5.74) is -0.0307. The van der Waals surface area contributed by atoms with Crippen LogP contribution in [0.4, 0.5) is 0 Å². The van der Waals surface area contributed by atoms with E-state index in [1.807, 2.05) is 54.6 Å². The zero-order valence-corrected chi connectivity index (χ0v) is 10.5. The number of allylic oxidation sites excluding steroid dienone is 4. The zero-order valence-electron chi connectivity index (χ0n) is 10.5. The molecule has 1 aromatic carbocycles. The highest BCUT2D eigenvalue weighted by atomic mass is 16.6. The molecule has 1 aliphatic rings. The second-order valence-electron chi connectivity index (χ2n) is 4.37. The third-order valence-electron chi connectivity index (χ3n) is 3.00. The van der Waals surface area contributed by atoms with Gasteiger partial charge in [0.25, 0.3) is 5.54 Å². The van der Waals surface area contributed by atoms with Crippen LogP contribution in [-0.4, -0.2) is 10.5 Å². The molecule has 0 aromatic heterocycles. The Kier molecular flexibility index (Phi) is 4.08. The van der Waals surface area contributed by atoms with Gasteiger partial charge in [-0.05, 0) is 17.7 Å². The highest BCUT2D eigenvalue weighted by Crippen LogP contribution is 2.23. The molecule has 19 heavy (non-hydrogen) atoms. The second kappa shape index (κ2) is 5.96. The summed E-state index contributed by atoms with van der Waals surface area (Å²) in [6, 6.07) is 9.83. The van der Waals surface area contributed by atoms with Crippen LogP contribution in [0.1, 0.15) is 12.0 Å². The highest BCUT2D eigenvalue weighted by molar-refractivity contribution is 5.50. The molecule has 0 bridgehead atoms. The lowest BCUT2D eigenvalue weighted by Crippen LogP contribution is -2.34. The topological polar surface area (TPSA) is 43.1 Å². The van der Waals surface area contributed by atoms with E-state index in [1.54, 1.807) is 24.3 Å². The molecule has 0 heterocycles. The summed E-state index contributed by atoms with van der Waals surface area (Å²) in [5, 5.41) is 11.2. The number of nitrogens with zero attached hydrogens (tertiary/aromatic N) is 1. The molecule has 1 aliphatic carbocycles. The van der Waals surface area contributed by atoms with E-state index >= 15 is 0 Å². The predicted octanol–water partition coefficient (Wildman–Crippen LogP) is 3.79. The SMILES string of the molecule is O=[N+]([O-])C1(C=CC=Cc2ccccc2)C=CC=CC1. The number of nitro groups is 1. The molecule has 1 unspecified atom stereocenters. The summed E-state index contributed by atoms with van der Waals surface area (Å²) in [4.78, 5) is 10.9. The minimum Gasteiger partial charge on any atom is -0.263 e. The first-order valence-electron chi connectivity index (χ1n) is 6.13. The van der Waals surface area contributed by atoms with E-state index in [0.29, 0.717) is 6.42 Å². The molecule has 0 amide bonds. The second-order valence-corrected chi connectivity index (χ2v) is 4.37. The van der Waals surface area contributed by atoms with E-state index in [0.717, 1.165) is 5.56 Å². The lowest BCUT2D eigenvalue weighted by atomic mass is 9.91. The van der Waals surface area contributed by atoms with Gasteiger partial charge in [-0.15, -0.1) is 0 Å². The fraction of sp³-hybridized carbons (Fsp3) is 0.125. The average molecular weight is 253 g/mol. The van der Waals surface area contributed by atoms with Crippen molar-refractivity contribution in [3.8, 4) is 0 Å². The molecule has 1 aromatic rings. The van der Waals surface area contributed by atoms with Gasteiger partial charge >= 0.3 is 0 Å². The molecular weight excluding hydrogens is 238 g/mol. The monoisotopic (exact) mass is 253 g/mol. The first-order chi connectivity index (χ1) is 9.23. The molecule has 0 aliphatic heterocycles. The Morgan fingerprint density at radius 2 is 1.95 bits per heavy atom. The van der Waals surface area contributed by atoms with Gasteiger partial charge in [-0.2, -0.15) is 0 Å². The maximum absolute atomic E-state index is 11.2. The Morgan fingerprint density at radius 1 is 1.16 bits per heavy atom. The van der Waals surface area contributed by atoms with Crippen molar-refractivity contribution >= 4 is 6.08 Å². The third kappa shape index (κ3) is 3.28. The van der Waals surface area contributed by atoms with Crippen molar-refractivity contribution in [2.75, 3.05) is 0 Å². The first kappa shape index (κ1) is 13.0. The molecule has 96 valence electrons. The largest absolute Gasteiger partial charge is 0.263 e. The molecule has 0 saturated carbocycles. The smallest absolute Gasteiger partial charge is 0.262 e. The van der Waals surface area contributed by atoms with Crippen molar-refractivity contribution in [2.45, 2.75) is 12.0 Å². The molecule has 3 heteroatoms. The van der Waals surface area contributed by atoms with Gasteiger partial charge in [0.05, 0.1) is 0 Å². The van der Waals surface area contributed by atoms with Crippen LogP contribution in [0.2, 0.25) is 0 Å². The number of hydrogen-bond acceptors (Lipinski definition) is 2. The summed E-state index contributed by atoms with van der Waals surface area (Å²) in [7, 11) is 0. The molecule has 1 atom stereocenters. The molecule has 0 N–H and O–H groups in total. The van der Waals surface area contributed by atoms with Crippen LogP contribution in [0, 0.1) is 10.1 Å². The Hall–Kier alpha value is -2.42. The van der Waals surface area contributed by atoms with Crippen LogP contribution < -0.4 is 0 Å². The van der Waals surface area contributed by atoms with E-state index in [2.05, 4.69) is 0 Å². The van der Waals surface area contributed by atoms with Gasteiger partial charge < -0.3 is 0 Å². The van der Waals surface area contributed by atoms with Crippen LogP contribution in [0.5, 0.6) is 0 Å². The van der Waals surface area contributed by atoms with Crippen molar-refractivity contribution in [3.63, 3.8) is 0 Å². The summed E-state index contributed by atoms with van der Waals surface area (Å²) in [5.74, 6) is 0. The minimum absolute atomic E-state index is 0.250. The molecular formula is C16H15NO2. The lowest BCUT2D eigenvalue weighted by molar-refractivity contribution is -0.539. The number of benzene rings is 1. The molecule has 0 spiro atoms. The van der Waals surface area contributed by atoms with Gasteiger partial charge in [0.1, 0.15) is 0 Å². The van der Waals surface area contributed by atoms with Gasteiger partial charge in [0.15, 0.2) is 0 Å². The Bertz CT molecular complexity index is 555. The van der Waals surface area contributed by atoms with E-state index < -0.39 is 5.54 Å². The number of rotatable bonds is 4. The quantitative estimate of drug-likeness (QED) is 0.465. The lowest BCUT2D eigenvalue weighted by Gasteiger charge is -2.17. The third-order valence-corrected chi connectivity index (χ3v) is 3.00. The van der Waals surface area contributed by atoms with E-state index in [1.165, 1.54) is 0 Å². The van der Waals surface area contributed by atoms with Gasteiger partial charge in [-0.1, -0.05) is 66.8 Å². The Morgan fingerprint density at radius 3 is 2.58 bits per heavy atom. The summed E-state index contributed by atoms with van der Waals surface area (Å²) in [6.07, 6.45) is 14.5. The van der Waals surface area contributed by atoms with Crippen molar-refractivity contribution in [1.29, 1.82) is 0 Å². The minimum atomic E-state index is -1.10. The highest BCUT2D eigenvalue weighted by Gasteiger charge is 2.36. The maximum atomic E-state index is 11.2. The summed E-state index contributed by atoms with van der Waals surface area (Å²) in [6.45, 7) is 0. The predicted molar refractivity (Wildman–Crippen MR) is 77.2 cm³/mol. The fourth-order valence-electron chi connectivity index (χ4n) is 1.90.